The van der Waals surface area contributed by atoms with E-state index in [4.69, 9.17) is 5.26 Å². The Bertz CT molecular complexity index is 1340. The fourth-order valence-electron chi connectivity index (χ4n) is 3.33. The second kappa shape index (κ2) is 7.20. The molecule has 4 aromatic rings. The van der Waals surface area contributed by atoms with Crippen LogP contribution in [0.3, 0.4) is 0 Å². The van der Waals surface area contributed by atoms with Crippen molar-refractivity contribution < 1.29 is 4.79 Å². The lowest BCUT2D eigenvalue weighted by Crippen LogP contribution is -2.29. The van der Waals surface area contributed by atoms with E-state index in [0.717, 1.165) is 5.52 Å². The molecule has 0 bridgehead atoms. The summed E-state index contributed by atoms with van der Waals surface area (Å²) in [7, 11) is 0. The fourth-order valence-corrected chi connectivity index (χ4v) is 3.33. The van der Waals surface area contributed by atoms with Crippen LogP contribution in [0.1, 0.15) is 31.2 Å². The molecular weight excluding hydrogens is 368 g/mol. The van der Waals surface area contributed by atoms with Gasteiger partial charge in [-0.05, 0) is 30.3 Å². The number of para-hydroxylation sites is 2. The first kappa shape index (κ1) is 18.4. The number of nitrogens with zero attached hydrogens (tertiary/aromatic N) is 5. The maximum atomic E-state index is 13.1. The highest BCUT2D eigenvalue weighted by Crippen LogP contribution is 2.19. The first-order chi connectivity index (χ1) is 14.0. The second-order valence-electron chi connectivity index (χ2n) is 6.99. The van der Waals surface area contributed by atoms with Crippen molar-refractivity contribution in [3.8, 4) is 6.07 Å². The average Bonchev–Trinajstić information content (AvgIpc) is 3.17. The van der Waals surface area contributed by atoms with Gasteiger partial charge in [0.25, 0.3) is 5.56 Å². The standard InChI is InChI=1S/C21H18N6O2/c1-13(2)19-24-25-20-21(29)26(16-8-3-4-9-17(16)27(19)20)12-18(28)23-15-7-5-6-14(10-15)11-22/h3-10,13H,12H2,1-2H3,(H,23,28). The van der Waals surface area contributed by atoms with E-state index in [0.29, 0.717) is 22.6 Å². The van der Waals surface area contributed by atoms with Crippen molar-refractivity contribution in [3.63, 3.8) is 0 Å². The molecule has 2 aromatic carbocycles. The van der Waals surface area contributed by atoms with Gasteiger partial charge in [-0.25, -0.2) is 0 Å². The fraction of sp³-hybridized carbons (Fsp3) is 0.190. The average molecular weight is 386 g/mol. The number of nitrogens with one attached hydrogen (secondary N) is 1. The van der Waals surface area contributed by atoms with E-state index in [1.165, 1.54) is 4.57 Å². The van der Waals surface area contributed by atoms with Crippen molar-refractivity contribution >= 4 is 28.3 Å². The van der Waals surface area contributed by atoms with E-state index in [2.05, 4.69) is 15.5 Å². The highest BCUT2D eigenvalue weighted by molar-refractivity contribution is 5.92. The third-order valence-electron chi connectivity index (χ3n) is 4.63. The van der Waals surface area contributed by atoms with Gasteiger partial charge in [0.15, 0.2) is 0 Å². The summed E-state index contributed by atoms with van der Waals surface area (Å²) in [4.78, 5) is 25.7. The van der Waals surface area contributed by atoms with Gasteiger partial charge in [-0.1, -0.05) is 32.0 Å². The molecule has 0 aliphatic rings. The molecule has 1 N–H and O–H groups in total. The summed E-state index contributed by atoms with van der Waals surface area (Å²) in [6, 6.07) is 16.0. The predicted octanol–water partition coefficient (Wildman–Crippen LogP) is 2.68. The molecule has 0 fully saturated rings. The van der Waals surface area contributed by atoms with Gasteiger partial charge in [-0.2, -0.15) is 5.26 Å². The number of hydrogen-bond donors (Lipinski definition) is 1. The number of anilines is 1. The van der Waals surface area contributed by atoms with Gasteiger partial charge in [0, 0.05) is 11.6 Å². The van der Waals surface area contributed by atoms with E-state index < -0.39 is 0 Å². The molecule has 2 heterocycles. The summed E-state index contributed by atoms with van der Waals surface area (Å²) < 4.78 is 3.15. The number of nitriles is 1. The summed E-state index contributed by atoms with van der Waals surface area (Å²) in [5.41, 5.74) is 2.12. The molecular formula is C21H18N6O2. The first-order valence-electron chi connectivity index (χ1n) is 9.16. The normalized spacial score (nSPS) is 11.1. The summed E-state index contributed by atoms with van der Waals surface area (Å²) >= 11 is 0. The van der Waals surface area contributed by atoms with Gasteiger partial charge in [0.1, 0.15) is 12.4 Å². The lowest BCUT2D eigenvalue weighted by molar-refractivity contribution is -0.116. The Labute approximate surface area is 166 Å². The van der Waals surface area contributed by atoms with Crippen LogP contribution in [0.25, 0.3) is 16.7 Å². The molecule has 29 heavy (non-hydrogen) atoms. The van der Waals surface area contributed by atoms with Gasteiger partial charge < -0.3 is 5.32 Å². The highest BCUT2D eigenvalue weighted by Gasteiger charge is 2.19. The molecule has 0 radical (unpaired) electrons. The zero-order valence-corrected chi connectivity index (χ0v) is 16.0. The smallest absolute Gasteiger partial charge is 0.297 e. The maximum absolute atomic E-state index is 13.1. The Kier molecular flexibility index (Phi) is 4.56. The quantitative estimate of drug-likeness (QED) is 0.580. The summed E-state index contributed by atoms with van der Waals surface area (Å²) in [6.07, 6.45) is 0. The molecule has 0 atom stereocenters. The Morgan fingerprint density at radius 3 is 2.62 bits per heavy atom. The van der Waals surface area contributed by atoms with Gasteiger partial charge in [0.05, 0.1) is 22.7 Å². The van der Waals surface area contributed by atoms with E-state index in [1.54, 1.807) is 34.7 Å². The van der Waals surface area contributed by atoms with E-state index >= 15 is 0 Å². The zero-order chi connectivity index (χ0) is 20.5. The number of aromatic nitrogens is 4. The third-order valence-corrected chi connectivity index (χ3v) is 4.63. The number of carbonyl (C=O) groups excluding carboxylic acids is 1. The molecule has 0 aliphatic heterocycles. The molecule has 144 valence electrons. The molecule has 4 rings (SSSR count). The lowest BCUT2D eigenvalue weighted by atomic mass is 10.2. The lowest BCUT2D eigenvalue weighted by Gasteiger charge is -2.13. The summed E-state index contributed by atoms with van der Waals surface area (Å²) in [5, 5.41) is 20.0. The minimum absolute atomic E-state index is 0.0827. The van der Waals surface area contributed by atoms with Gasteiger partial charge in [0.2, 0.25) is 11.6 Å². The monoisotopic (exact) mass is 386 g/mol. The number of fused-ring (bicyclic) bond motifs is 3. The largest absolute Gasteiger partial charge is 0.324 e. The van der Waals surface area contributed by atoms with Gasteiger partial charge in [-0.15, -0.1) is 10.2 Å². The number of benzene rings is 2. The SMILES string of the molecule is CC(C)c1nnc2c(=O)n(CC(=O)Nc3cccc(C#N)c3)c3ccccc3n12. The Hall–Kier alpha value is -3.99. The predicted molar refractivity (Wildman–Crippen MR) is 109 cm³/mol. The molecule has 8 heteroatoms. The van der Waals surface area contributed by atoms with Crippen molar-refractivity contribution in [2.75, 3.05) is 5.32 Å². The van der Waals surface area contributed by atoms with Crippen LogP contribution in [0.4, 0.5) is 5.69 Å². The van der Waals surface area contributed by atoms with Gasteiger partial charge >= 0.3 is 0 Å². The molecule has 2 aromatic heterocycles. The van der Waals surface area contributed by atoms with Crippen LogP contribution in [0.5, 0.6) is 0 Å². The van der Waals surface area contributed by atoms with Crippen molar-refractivity contribution in [1.29, 1.82) is 5.26 Å². The topological polar surface area (TPSA) is 105 Å². The molecule has 1 amide bonds. The first-order valence-corrected chi connectivity index (χ1v) is 9.16. The van der Waals surface area contributed by atoms with Crippen LogP contribution in [0.15, 0.2) is 53.3 Å². The number of rotatable bonds is 4. The minimum atomic E-state index is -0.385. The molecule has 0 saturated carbocycles. The van der Waals surface area contributed by atoms with Crippen molar-refractivity contribution in [3.05, 3.63) is 70.3 Å². The molecule has 0 spiro atoms. The van der Waals surface area contributed by atoms with Crippen molar-refractivity contribution in [2.45, 2.75) is 26.3 Å². The van der Waals surface area contributed by atoms with Crippen LogP contribution >= 0.6 is 0 Å². The third kappa shape index (κ3) is 3.23. The zero-order valence-electron chi connectivity index (χ0n) is 16.0. The molecule has 0 aliphatic carbocycles. The van der Waals surface area contributed by atoms with Crippen LogP contribution < -0.4 is 10.9 Å². The summed E-state index contributed by atoms with van der Waals surface area (Å²) in [5.74, 6) is 0.401. The van der Waals surface area contributed by atoms with E-state index in [1.807, 2.05) is 38.1 Å². The molecule has 8 nitrogen and oxygen atoms in total. The van der Waals surface area contributed by atoms with Crippen molar-refractivity contribution in [2.24, 2.45) is 0 Å². The van der Waals surface area contributed by atoms with Crippen LogP contribution in [-0.4, -0.2) is 25.1 Å². The Morgan fingerprint density at radius 1 is 1.14 bits per heavy atom. The van der Waals surface area contributed by atoms with Crippen LogP contribution in [0.2, 0.25) is 0 Å². The molecule has 0 unspecified atom stereocenters. The number of hydrogen-bond acceptors (Lipinski definition) is 5. The second-order valence-corrected chi connectivity index (χ2v) is 6.99. The molecule has 0 saturated heterocycles. The van der Waals surface area contributed by atoms with Crippen molar-refractivity contribution in [1.82, 2.24) is 19.2 Å². The maximum Gasteiger partial charge on any atom is 0.297 e. The summed E-state index contributed by atoms with van der Waals surface area (Å²) in [6.45, 7) is 3.79. The number of amides is 1. The van der Waals surface area contributed by atoms with Gasteiger partial charge in [-0.3, -0.25) is 18.6 Å². The van der Waals surface area contributed by atoms with Crippen LogP contribution in [-0.2, 0) is 11.3 Å². The Morgan fingerprint density at radius 2 is 1.90 bits per heavy atom. The van der Waals surface area contributed by atoms with E-state index in [-0.39, 0.29) is 29.6 Å². The van der Waals surface area contributed by atoms with Crippen LogP contribution in [0, 0.1) is 11.3 Å². The number of carbonyl (C=O) groups is 1. The highest BCUT2D eigenvalue weighted by atomic mass is 16.2. The van der Waals surface area contributed by atoms with E-state index in [9.17, 15) is 9.59 Å². The minimum Gasteiger partial charge on any atom is -0.324 e. The Balaban J connectivity index is 1.79.